The predicted octanol–water partition coefficient (Wildman–Crippen LogP) is 6.42. The second-order valence-electron chi connectivity index (χ2n) is 8.75. The van der Waals surface area contributed by atoms with Crippen LogP contribution < -0.4 is 4.74 Å². The summed E-state index contributed by atoms with van der Waals surface area (Å²) >= 11 is 0. The van der Waals surface area contributed by atoms with Crippen molar-refractivity contribution < 1.29 is 34.0 Å². The quantitative estimate of drug-likeness (QED) is 0.131. The number of aliphatic hydroxyl groups excluding tert-OH is 1. The summed E-state index contributed by atoms with van der Waals surface area (Å²) in [4.78, 5) is 31.5. The molecule has 0 heterocycles. The topological polar surface area (TPSA) is 151 Å². The number of nitro benzene ring substituents is 2. The zero-order valence-electron chi connectivity index (χ0n) is 22.2. The molecule has 0 unspecified atom stereocenters. The van der Waals surface area contributed by atoms with Crippen LogP contribution in [0.1, 0.15) is 27.8 Å². The third kappa shape index (κ3) is 10.4. The number of hydrogen-bond donors (Lipinski definition) is 1. The van der Waals surface area contributed by atoms with Crippen LogP contribution in [0.15, 0.2) is 97.1 Å². The number of rotatable bonds is 10. The highest BCUT2D eigenvalue weighted by atomic mass is 16.7. The highest BCUT2D eigenvalue weighted by molar-refractivity contribution is 5.60. The summed E-state index contributed by atoms with van der Waals surface area (Å²) in [5, 5.41) is 29.4. The van der Waals surface area contributed by atoms with Gasteiger partial charge in [0.15, 0.2) is 0 Å². The fourth-order valence-electron chi connectivity index (χ4n) is 3.30. The molecule has 0 aliphatic carbocycles. The molecular formula is C30H28N2O9. The average Bonchev–Trinajstić information content (AvgIpc) is 2.99. The molecule has 11 heteroatoms. The molecule has 4 rings (SSSR count). The number of hydrogen-bond acceptors (Lipinski definition) is 9. The maximum atomic E-state index is 11.7. The van der Waals surface area contributed by atoms with E-state index in [1.807, 2.05) is 55.5 Å². The fourth-order valence-corrected chi connectivity index (χ4v) is 3.30. The molecular weight excluding hydrogens is 532 g/mol. The molecule has 4 aromatic carbocycles. The number of nitro groups is 2. The molecule has 0 spiro atoms. The Morgan fingerprint density at radius 1 is 0.634 bits per heavy atom. The van der Waals surface area contributed by atoms with Gasteiger partial charge in [-0.15, -0.1) is 0 Å². The first-order valence-corrected chi connectivity index (χ1v) is 12.4. The molecule has 0 aliphatic heterocycles. The van der Waals surface area contributed by atoms with Crippen LogP contribution in [0, 0.1) is 27.2 Å². The summed E-state index contributed by atoms with van der Waals surface area (Å²) in [6.45, 7) is 2.47. The molecule has 11 nitrogen and oxygen atoms in total. The maximum absolute atomic E-state index is 11.7. The van der Waals surface area contributed by atoms with Crippen molar-refractivity contribution in [3.63, 3.8) is 0 Å². The summed E-state index contributed by atoms with van der Waals surface area (Å²) in [6, 6.07) is 26.9. The third-order valence-corrected chi connectivity index (χ3v) is 5.64. The van der Waals surface area contributed by atoms with E-state index in [9.17, 15) is 25.0 Å². The Morgan fingerprint density at radius 2 is 1.02 bits per heavy atom. The lowest BCUT2D eigenvalue weighted by Gasteiger charge is -2.09. The minimum Gasteiger partial charge on any atom is -0.489 e. The van der Waals surface area contributed by atoms with Gasteiger partial charge in [0.05, 0.1) is 16.5 Å². The predicted molar refractivity (Wildman–Crippen MR) is 149 cm³/mol. The Bertz CT molecular complexity index is 1420. The second kappa shape index (κ2) is 15.3. The smallest absolute Gasteiger partial charge is 0.489 e. The average molecular weight is 561 g/mol. The van der Waals surface area contributed by atoms with Gasteiger partial charge in [0.1, 0.15) is 25.6 Å². The number of aryl methyl sites for hydroxylation is 1. The molecule has 4 aromatic rings. The van der Waals surface area contributed by atoms with E-state index in [2.05, 4.69) is 0 Å². The van der Waals surface area contributed by atoms with Crippen molar-refractivity contribution in [1.29, 1.82) is 0 Å². The van der Waals surface area contributed by atoms with Gasteiger partial charge in [-0.3, -0.25) is 20.2 Å². The fraction of sp³-hybridized carbons (Fsp3) is 0.167. The van der Waals surface area contributed by atoms with E-state index in [-0.39, 0.29) is 31.2 Å². The summed E-state index contributed by atoms with van der Waals surface area (Å²) in [5.41, 5.74) is 4.42. The molecule has 0 saturated heterocycles. The van der Waals surface area contributed by atoms with Gasteiger partial charge in [-0.1, -0.05) is 42.0 Å². The first kappa shape index (κ1) is 30.3. The van der Waals surface area contributed by atoms with E-state index < -0.39 is 16.0 Å². The van der Waals surface area contributed by atoms with Crippen molar-refractivity contribution in [2.24, 2.45) is 0 Å². The lowest BCUT2D eigenvalue weighted by Crippen LogP contribution is -2.07. The van der Waals surface area contributed by atoms with E-state index >= 15 is 0 Å². The Morgan fingerprint density at radius 3 is 1.46 bits per heavy atom. The summed E-state index contributed by atoms with van der Waals surface area (Å²) in [7, 11) is 0. The number of carbonyl (C=O) groups is 1. The normalized spacial score (nSPS) is 10.1. The zero-order chi connectivity index (χ0) is 29.6. The number of nitrogens with zero attached hydrogens (tertiary/aromatic N) is 2. The van der Waals surface area contributed by atoms with Gasteiger partial charge in [-0.05, 0) is 65.6 Å². The number of ether oxygens (including phenoxy) is 3. The minimum atomic E-state index is -0.812. The van der Waals surface area contributed by atoms with Gasteiger partial charge in [0.25, 0.3) is 11.4 Å². The van der Waals surface area contributed by atoms with Crippen LogP contribution in [0.4, 0.5) is 16.2 Å². The monoisotopic (exact) mass is 560 g/mol. The largest absolute Gasteiger partial charge is 0.508 e. The lowest BCUT2D eigenvalue weighted by atomic mass is 10.2. The van der Waals surface area contributed by atoms with Gasteiger partial charge in [0.2, 0.25) is 0 Å². The Balaban J connectivity index is 0.000000352. The number of non-ortho nitro benzene ring substituents is 2. The number of aliphatic hydroxyl groups is 1. The van der Waals surface area contributed by atoms with Crippen molar-refractivity contribution in [2.75, 3.05) is 0 Å². The Hall–Kier alpha value is -5.29. The number of carbonyl (C=O) groups excluding carboxylic acids is 1. The van der Waals surface area contributed by atoms with Crippen LogP contribution in [0.3, 0.4) is 0 Å². The molecule has 1 N–H and O–H groups in total. The second-order valence-corrected chi connectivity index (χ2v) is 8.75. The maximum Gasteiger partial charge on any atom is 0.508 e. The van der Waals surface area contributed by atoms with Gasteiger partial charge < -0.3 is 19.3 Å². The summed E-state index contributed by atoms with van der Waals surface area (Å²) in [6.07, 6.45) is -0.812. The molecule has 0 bridgehead atoms. The van der Waals surface area contributed by atoms with Crippen LogP contribution in [-0.4, -0.2) is 21.1 Å². The van der Waals surface area contributed by atoms with Crippen LogP contribution in [0.2, 0.25) is 0 Å². The van der Waals surface area contributed by atoms with Gasteiger partial charge in [0, 0.05) is 24.3 Å². The van der Waals surface area contributed by atoms with Crippen molar-refractivity contribution >= 4 is 17.5 Å². The molecule has 0 aromatic heterocycles. The molecule has 41 heavy (non-hydrogen) atoms. The lowest BCUT2D eigenvalue weighted by molar-refractivity contribution is -0.385. The molecule has 0 radical (unpaired) electrons. The van der Waals surface area contributed by atoms with Crippen molar-refractivity contribution in [3.05, 3.63) is 145 Å². The number of benzene rings is 4. The molecule has 0 atom stereocenters. The first-order chi connectivity index (χ1) is 19.7. The van der Waals surface area contributed by atoms with Crippen LogP contribution in [0.5, 0.6) is 5.75 Å². The van der Waals surface area contributed by atoms with Crippen LogP contribution >= 0.6 is 0 Å². The standard InChI is InChI=1S/C23H21NO6.C7H7NO3/c1-17-2-4-18(5-3-17)14-28-22-12-8-20(9-13-22)16-30-23(25)29-15-19-6-10-21(11-7-19)24(26)27;9-5-6-1-3-7(4-2-6)8(10)11/h2-13H,14-16H2,1H3;1-4,9H,5H2. The van der Waals surface area contributed by atoms with Crippen molar-refractivity contribution in [3.8, 4) is 5.75 Å². The van der Waals surface area contributed by atoms with Crippen LogP contribution in [0.25, 0.3) is 0 Å². The molecule has 212 valence electrons. The third-order valence-electron chi connectivity index (χ3n) is 5.64. The van der Waals surface area contributed by atoms with Crippen molar-refractivity contribution in [2.45, 2.75) is 33.4 Å². The highest BCUT2D eigenvalue weighted by Crippen LogP contribution is 2.16. The summed E-state index contributed by atoms with van der Waals surface area (Å²) < 4.78 is 15.8. The molecule has 0 aliphatic rings. The molecule has 0 fully saturated rings. The van der Waals surface area contributed by atoms with Crippen molar-refractivity contribution in [1.82, 2.24) is 0 Å². The van der Waals surface area contributed by atoms with E-state index in [0.29, 0.717) is 17.7 Å². The van der Waals surface area contributed by atoms with Gasteiger partial charge >= 0.3 is 6.16 Å². The van der Waals surface area contributed by atoms with Gasteiger partial charge in [-0.2, -0.15) is 0 Å². The van der Waals surface area contributed by atoms with Crippen LogP contribution in [-0.2, 0) is 35.9 Å². The molecule has 0 saturated carbocycles. The van der Waals surface area contributed by atoms with E-state index in [4.69, 9.17) is 19.3 Å². The SMILES string of the molecule is Cc1ccc(COc2ccc(COC(=O)OCc3ccc([N+](=O)[O-])cc3)cc2)cc1.O=[N+]([O-])c1ccc(CO)cc1. The minimum absolute atomic E-state index is 0.0207. The first-order valence-electron chi connectivity index (χ1n) is 12.4. The highest BCUT2D eigenvalue weighted by Gasteiger charge is 2.08. The van der Waals surface area contributed by atoms with Gasteiger partial charge in [-0.25, -0.2) is 4.79 Å². The van der Waals surface area contributed by atoms with E-state index in [0.717, 1.165) is 16.9 Å². The summed E-state index contributed by atoms with van der Waals surface area (Å²) in [5.74, 6) is 0.722. The molecule has 0 amide bonds. The Kier molecular flexibility index (Phi) is 11.3. The van der Waals surface area contributed by atoms with E-state index in [1.165, 1.54) is 54.1 Å². The Labute approximate surface area is 235 Å². The van der Waals surface area contributed by atoms with E-state index in [1.54, 1.807) is 0 Å². The zero-order valence-corrected chi connectivity index (χ0v) is 22.2.